The van der Waals surface area contributed by atoms with E-state index in [0.717, 1.165) is 27.8 Å². The Balaban J connectivity index is 1.45. The molecule has 2 N–H and O–H groups in total. The molecule has 6 heteroatoms. The molecule has 1 atom stereocenters. The molecule has 3 aromatic carbocycles. The van der Waals surface area contributed by atoms with E-state index in [2.05, 4.69) is 5.32 Å². The van der Waals surface area contributed by atoms with Crippen LogP contribution in [0.5, 0.6) is 0 Å². The highest BCUT2D eigenvalue weighted by molar-refractivity contribution is 5.81. The molecule has 5 nitrogen and oxygen atoms in total. The molecule has 158 valence electrons. The zero-order chi connectivity index (χ0) is 22.0. The standard InChI is InChI=1S/C25H22FNO4/c1-15-10-11-22(26)16(12-15)13-23(24(28)29)27-25(30)31-14-21-19-8-4-2-6-17(19)18-7-3-5-9-20(18)21/h2-12,21,23H,13-14H2,1H3,(H,27,30)(H,28,29)/t23-/m0/s1. The van der Waals surface area contributed by atoms with Gasteiger partial charge in [-0.05, 0) is 40.8 Å². The molecule has 1 aliphatic carbocycles. The Hall–Kier alpha value is -3.67. The summed E-state index contributed by atoms with van der Waals surface area (Å²) in [5.41, 5.74) is 5.37. The van der Waals surface area contributed by atoms with Gasteiger partial charge in [-0.2, -0.15) is 0 Å². The summed E-state index contributed by atoms with van der Waals surface area (Å²) >= 11 is 0. The third-order valence-electron chi connectivity index (χ3n) is 5.56. The Morgan fingerprint density at radius 3 is 2.26 bits per heavy atom. The number of benzene rings is 3. The maximum absolute atomic E-state index is 14.0. The van der Waals surface area contributed by atoms with Crippen molar-refractivity contribution in [3.63, 3.8) is 0 Å². The Bertz CT molecular complexity index is 1100. The van der Waals surface area contributed by atoms with Crippen molar-refractivity contribution in [1.82, 2.24) is 5.32 Å². The zero-order valence-corrected chi connectivity index (χ0v) is 17.0. The van der Waals surface area contributed by atoms with E-state index in [4.69, 9.17) is 4.74 Å². The Morgan fingerprint density at radius 2 is 1.65 bits per heavy atom. The molecule has 31 heavy (non-hydrogen) atoms. The molecule has 0 aliphatic heterocycles. The first kappa shape index (κ1) is 20.6. The number of fused-ring (bicyclic) bond motifs is 3. The van der Waals surface area contributed by atoms with Gasteiger partial charge >= 0.3 is 12.1 Å². The van der Waals surface area contributed by atoms with Crippen molar-refractivity contribution in [3.05, 3.63) is 94.8 Å². The van der Waals surface area contributed by atoms with E-state index in [1.165, 1.54) is 6.07 Å². The number of carboxylic acids is 1. The average Bonchev–Trinajstić information content (AvgIpc) is 3.08. The summed E-state index contributed by atoms with van der Waals surface area (Å²) in [6, 6.07) is 19.0. The van der Waals surface area contributed by atoms with E-state index in [1.807, 2.05) is 48.5 Å². The van der Waals surface area contributed by atoms with E-state index in [-0.39, 0.29) is 24.5 Å². The SMILES string of the molecule is Cc1ccc(F)c(C[C@H](NC(=O)OCC2c3ccccc3-c3ccccc32)C(=O)O)c1. The monoisotopic (exact) mass is 419 g/mol. The van der Waals surface area contributed by atoms with Crippen LogP contribution in [0.1, 0.15) is 28.2 Å². The molecule has 0 unspecified atom stereocenters. The lowest BCUT2D eigenvalue weighted by atomic mass is 9.98. The molecule has 0 spiro atoms. The molecule has 0 radical (unpaired) electrons. The van der Waals surface area contributed by atoms with E-state index in [0.29, 0.717) is 0 Å². The highest BCUT2D eigenvalue weighted by Gasteiger charge is 2.30. The van der Waals surface area contributed by atoms with E-state index < -0.39 is 23.9 Å². The Morgan fingerprint density at radius 1 is 1.03 bits per heavy atom. The molecule has 0 heterocycles. The number of carboxylic acid groups (broad SMARTS) is 1. The summed E-state index contributed by atoms with van der Waals surface area (Å²) in [6.07, 6.45) is -1.02. The lowest BCUT2D eigenvalue weighted by Crippen LogP contribution is -2.43. The highest BCUT2D eigenvalue weighted by atomic mass is 19.1. The number of amides is 1. The van der Waals surface area contributed by atoms with Crippen LogP contribution < -0.4 is 5.32 Å². The summed E-state index contributed by atoms with van der Waals surface area (Å²) < 4.78 is 19.4. The number of nitrogens with one attached hydrogen (secondary N) is 1. The van der Waals surface area contributed by atoms with Crippen molar-refractivity contribution >= 4 is 12.1 Å². The van der Waals surface area contributed by atoms with Gasteiger partial charge in [0.05, 0.1) is 0 Å². The molecule has 0 fully saturated rings. The van der Waals surface area contributed by atoms with Crippen molar-refractivity contribution in [3.8, 4) is 11.1 Å². The zero-order valence-electron chi connectivity index (χ0n) is 17.0. The Kier molecular flexibility index (Phi) is 5.71. The van der Waals surface area contributed by atoms with Gasteiger partial charge < -0.3 is 15.2 Å². The van der Waals surface area contributed by atoms with Gasteiger partial charge in [0.2, 0.25) is 0 Å². The fourth-order valence-corrected chi connectivity index (χ4v) is 4.06. The van der Waals surface area contributed by atoms with Crippen LogP contribution in [0.2, 0.25) is 0 Å². The lowest BCUT2D eigenvalue weighted by molar-refractivity contribution is -0.139. The number of halogens is 1. The number of carbonyl (C=O) groups excluding carboxylic acids is 1. The number of rotatable bonds is 6. The first-order chi connectivity index (χ1) is 14.9. The number of aliphatic carboxylic acids is 1. The third kappa shape index (κ3) is 4.28. The number of alkyl carbamates (subject to hydrolysis) is 1. The van der Waals surface area contributed by atoms with Gasteiger partial charge in [0, 0.05) is 12.3 Å². The molecule has 1 amide bonds. The second-order valence-electron chi connectivity index (χ2n) is 7.66. The highest BCUT2D eigenvalue weighted by Crippen LogP contribution is 2.44. The summed E-state index contributed by atoms with van der Waals surface area (Å²) in [4.78, 5) is 24.0. The van der Waals surface area contributed by atoms with Crippen LogP contribution in [0, 0.1) is 12.7 Å². The van der Waals surface area contributed by atoms with Crippen LogP contribution >= 0.6 is 0 Å². The quantitative estimate of drug-likeness (QED) is 0.609. The van der Waals surface area contributed by atoms with E-state index >= 15 is 0 Å². The topological polar surface area (TPSA) is 75.6 Å². The van der Waals surface area contributed by atoms with E-state index in [1.54, 1.807) is 19.1 Å². The summed E-state index contributed by atoms with van der Waals surface area (Å²) in [5, 5.41) is 11.8. The Labute approximate surface area is 179 Å². The van der Waals surface area contributed by atoms with Gasteiger partial charge in [0.25, 0.3) is 0 Å². The number of ether oxygens (including phenoxy) is 1. The van der Waals surface area contributed by atoms with Crippen molar-refractivity contribution in [2.24, 2.45) is 0 Å². The van der Waals surface area contributed by atoms with Gasteiger partial charge in [-0.3, -0.25) is 0 Å². The molecule has 1 aliphatic rings. The van der Waals surface area contributed by atoms with Crippen LogP contribution in [-0.2, 0) is 16.0 Å². The minimum absolute atomic E-state index is 0.0744. The maximum Gasteiger partial charge on any atom is 0.407 e. The predicted octanol–water partition coefficient (Wildman–Crippen LogP) is 4.67. The lowest BCUT2D eigenvalue weighted by Gasteiger charge is -2.18. The maximum atomic E-state index is 14.0. The normalized spacial score (nSPS) is 13.2. The smallest absolute Gasteiger partial charge is 0.407 e. The first-order valence-electron chi connectivity index (χ1n) is 10.0. The largest absolute Gasteiger partial charge is 0.480 e. The fraction of sp³-hybridized carbons (Fsp3) is 0.200. The molecule has 0 saturated heterocycles. The van der Waals surface area contributed by atoms with Gasteiger partial charge in [-0.15, -0.1) is 0 Å². The third-order valence-corrected chi connectivity index (χ3v) is 5.56. The summed E-state index contributed by atoms with van der Waals surface area (Å²) in [6.45, 7) is 1.86. The van der Waals surface area contributed by atoms with Crippen molar-refractivity contribution in [2.45, 2.75) is 25.3 Å². The second-order valence-corrected chi connectivity index (χ2v) is 7.66. The minimum Gasteiger partial charge on any atom is -0.480 e. The molecule has 0 bridgehead atoms. The number of aryl methyl sites for hydroxylation is 1. The van der Waals surface area contributed by atoms with Crippen molar-refractivity contribution < 1.29 is 23.8 Å². The van der Waals surface area contributed by atoms with Crippen molar-refractivity contribution in [1.29, 1.82) is 0 Å². The molecule has 0 aromatic heterocycles. The number of hydrogen-bond donors (Lipinski definition) is 2. The first-order valence-corrected chi connectivity index (χ1v) is 10.0. The summed E-state index contributed by atoms with van der Waals surface area (Å²) in [7, 11) is 0. The number of hydrogen-bond acceptors (Lipinski definition) is 3. The molecule has 4 rings (SSSR count). The van der Waals surface area contributed by atoms with Crippen LogP contribution in [0.3, 0.4) is 0 Å². The molecular weight excluding hydrogens is 397 g/mol. The molecule has 0 saturated carbocycles. The van der Waals surface area contributed by atoms with Gasteiger partial charge in [0.1, 0.15) is 18.5 Å². The van der Waals surface area contributed by atoms with Crippen LogP contribution in [0.25, 0.3) is 11.1 Å². The van der Waals surface area contributed by atoms with Gasteiger partial charge in [-0.1, -0.05) is 66.2 Å². The van der Waals surface area contributed by atoms with E-state index in [9.17, 15) is 19.1 Å². The predicted molar refractivity (Wildman–Crippen MR) is 114 cm³/mol. The average molecular weight is 419 g/mol. The molecular formula is C25H22FNO4. The number of carbonyl (C=O) groups is 2. The molecule has 3 aromatic rings. The van der Waals surface area contributed by atoms with Gasteiger partial charge in [-0.25, -0.2) is 14.0 Å². The van der Waals surface area contributed by atoms with Crippen LogP contribution in [-0.4, -0.2) is 29.8 Å². The fourth-order valence-electron chi connectivity index (χ4n) is 4.06. The van der Waals surface area contributed by atoms with Crippen molar-refractivity contribution in [2.75, 3.05) is 6.61 Å². The second kappa shape index (κ2) is 8.60. The van der Waals surface area contributed by atoms with Crippen LogP contribution in [0.15, 0.2) is 66.7 Å². The van der Waals surface area contributed by atoms with Crippen LogP contribution in [0.4, 0.5) is 9.18 Å². The minimum atomic E-state index is -1.30. The van der Waals surface area contributed by atoms with Gasteiger partial charge in [0.15, 0.2) is 0 Å². The summed E-state index contributed by atoms with van der Waals surface area (Å²) in [5.74, 6) is -1.89.